The Hall–Kier alpha value is -1.31. The van der Waals surface area contributed by atoms with E-state index in [1.807, 2.05) is 0 Å². The van der Waals surface area contributed by atoms with Gasteiger partial charge in [-0.25, -0.2) is 4.79 Å². The normalized spacial score (nSPS) is 11.3. The molecule has 0 aliphatic heterocycles. The predicted octanol–water partition coefficient (Wildman–Crippen LogP) is 1.74. The number of hydrogen-bond acceptors (Lipinski definition) is 4. The Bertz CT molecular complexity index is 321. The van der Waals surface area contributed by atoms with Crippen LogP contribution in [-0.2, 0) is 0 Å². The number of aromatic carboxylic acids is 1. The molecule has 0 saturated heterocycles. The van der Waals surface area contributed by atoms with E-state index in [0.717, 1.165) is 5.38 Å². The molecule has 1 aromatic heterocycles. The number of thiazole rings is 1. The lowest BCUT2D eigenvalue weighted by molar-refractivity contribution is -0.274. The number of carboxylic acids is 1. The molecule has 1 heterocycles. The maximum atomic E-state index is 11.5. The molecule has 1 aromatic rings. The topological polar surface area (TPSA) is 59.4 Å². The largest absolute Gasteiger partial charge is 0.574 e. The minimum Gasteiger partial charge on any atom is -0.476 e. The third-order valence-electron chi connectivity index (χ3n) is 0.905. The lowest BCUT2D eigenvalue weighted by Gasteiger charge is -2.03. The highest BCUT2D eigenvalue weighted by Crippen LogP contribution is 2.25. The fourth-order valence-corrected chi connectivity index (χ4v) is 1.16. The Morgan fingerprint density at radius 2 is 2.23 bits per heavy atom. The molecule has 0 unspecified atom stereocenters. The summed E-state index contributed by atoms with van der Waals surface area (Å²) in [4.78, 5) is 13.3. The van der Waals surface area contributed by atoms with Crippen LogP contribution in [0.15, 0.2) is 5.38 Å². The average molecular weight is 213 g/mol. The number of carboxylic acid groups (broad SMARTS) is 1. The summed E-state index contributed by atoms with van der Waals surface area (Å²) in [7, 11) is 0. The minimum atomic E-state index is -4.84. The van der Waals surface area contributed by atoms with Crippen molar-refractivity contribution in [2.75, 3.05) is 0 Å². The van der Waals surface area contributed by atoms with E-state index < -0.39 is 23.2 Å². The van der Waals surface area contributed by atoms with Crippen LogP contribution in [0.25, 0.3) is 0 Å². The van der Waals surface area contributed by atoms with Crippen LogP contribution < -0.4 is 4.74 Å². The van der Waals surface area contributed by atoms with Crippen molar-refractivity contribution >= 4 is 17.3 Å². The van der Waals surface area contributed by atoms with Gasteiger partial charge in [-0.1, -0.05) is 11.3 Å². The molecule has 72 valence electrons. The summed E-state index contributed by atoms with van der Waals surface area (Å²) in [5.74, 6) is -1.40. The Kier molecular flexibility index (Phi) is 2.41. The molecule has 0 atom stereocenters. The van der Waals surface area contributed by atoms with E-state index in [4.69, 9.17) is 5.11 Å². The van der Waals surface area contributed by atoms with Gasteiger partial charge in [-0.3, -0.25) is 0 Å². The van der Waals surface area contributed by atoms with E-state index in [-0.39, 0.29) is 0 Å². The molecule has 4 nitrogen and oxygen atoms in total. The van der Waals surface area contributed by atoms with Crippen molar-refractivity contribution in [3.05, 3.63) is 11.1 Å². The Morgan fingerprint density at radius 3 is 2.62 bits per heavy atom. The van der Waals surface area contributed by atoms with Crippen LogP contribution in [0.5, 0.6) is 5.19 Å². The van der Waals surface area contributed by atoms with Crippen LogP contribution in [0.2, 0.25) is 0 Å². The average Bonchev–Trinajstić information content (AvgIpc) is 2.31. The van der Waals surface area contributed by atoms with Crippen molar-refractivity contribution in [3.8, 4) is 5.19 Å². The van der Waals surface area contributed by atoms with Gasteiger partial charge in [0.15, 0.2) is 5.69 Å². The molecule has 0 bridgehead atoms. The molecule has 1 rings (SSSR count). The molecule has 1 N–H and O–H groups in total. The third kappa shape index (κ3) is 2.90. The van der Waals surface area contributed by atoms with E-state index in [9.17, 15) is 18.0 Å². The maximum absolute atomic E-state index is 11.5. The predicted molar refractivity (Wildman–Crippen MR) is 35.8 cm³/mol. The number of rotatable bonds is 2. The van der Waals surface area contributed by atoms with Gasteiger partial charge in [-0.2, -0.15) is 4.98 Å². The number of nitrogens with zero attached hydrogens (tertiary/aromatic N) is 1. The van der Waals surface area contributed by atoms with Gasteiger partial charge in [0.25, 0.3) is 5.19 Å². The molecule has 0 fully saturated rings. The summed E-state index contributed by atoms with van der Waals surface area (Å²) in [6.07, 6.45) is -4.84. The summed E-state index contributed by atoms with van der Waals surface area (Å²) in [5, 5.41) is 8.53. The highest BCUT2D eigenvalue weighted by Gasteiger charge is 2.32. The zero-order valence-electron chi connectivity index (χ0n) is 5.83. The number of carbonyl (C=O) groups is 1. The number of hydrogen-bond donors (Lipinski definition) is 1. The zero-order chi connectivity index (χ0) is 10.1. The van der Waals surface area contributed by atoms with Gasteiger partial charge in [-0.05, 0) is 0 Å². The van der Waals surface area contributed by atoms with Crippen LogP contribution in [-0.4, -0.2) is 22.4 Å². The van der Waals surface area contributed by atoms with Crippen LogP contribution in [0.4, 0.5) is 13.2 Å². The van der Waals surface area contributed by atoms with Gasteiger partial charge in [0.05, 0.1) is 0 Å². The summed E-state index contributed by atoms with van der Waals surface area (Å²) in [5.41, 5.74) is -0.468. The standard InChI is InChI=1S/C5H2F3NO3S/c6-5(7,8)12-4-9-2(1-13-4)3(10)11/h1H,(H,10,11). The number of halogens is 3. The first-order valence-corrected chi connectivity index (χ1v) is 3.71. The molecule has 0 spiro atoms. The van der Waals surface area contributed by atoms with Gasteiger partial charge >= 0.3 is 12.3 Å². The van der Waals surface area contributed by atoms with E-state index in [1.54, 1.807) is 0 Å². The molecule has 0 amide bonds. The van der Waals surface area contributed by atoms with Crippen molar-refractivity contribution in [2.45, 2.75) is 6.36 Å². The highest BCUT2D eigenvalue weighted by atomic mass is 32.1. The molecular weight excluding hydrogens is 211 g/mol. The van der Waals surface area contributed by atoms with Crippen LogP contribution >= 0.6 is 11.3 Å². The third-order valence-corrected chi connectivity index (χ3v) is 1.62. The highest BCUT2D eigenvalue weighted by molar-refractivity contribution is 7.11. The van der Waals surface area contributed by atoms with Crippen molar-refractivity contribution in [1.82, 2.24) is 4.98 Å². The van der Waals surface area contributed by atoms with Crippen LogP contribution in [0.3, 0.4) is 0 Å². The summed E-state index contributed by atoms with van der Waals surface area (Å²) < 4.78 is 38.0. The zero-order valence-corrected chi connectivity index (χ0v) is 6.65. The van der Waals surface area contributed by atoms with E-state index in [1.165, 1.54) is 0 Å². The van der Waals surface area contributed by atoms with Crippen molar-refractivity contribution < 1.29 is 27.8 Å². The fraction of sp³-hybridized carbons (Fsp3) is 0.200. The van der Waals surface area contributed by atoms with Crippen LogP contribution in [0.1, 0.15) is 10.5 Å². The molecule has 0 aliphatic rings. The Labute approximate surface area is 73.6 Å². The number of alkyl halides is 3. The molecular formula is C5H2F3NO3S. The molecule has 13 heavy (non-hydrogen) atoms. The van der Waals surface area contributed by atoms with Gasteiger partial charge in [0.1, 0.15) is 0 Å². The quantitative estimate of drug-likeness (QED) is 0.812. The monoisotopic (exact) mass is 213 g/mol. The lowest BCUT2D eigenvalue weighted by atomic mass is 10.5. The Morgan fingerprint density at radius 1 is 1.62 bits per heavy atom. The van der Waals surface area contributed by atoms with Gasteiger partial charge in [0.2, 0.25) is 0 Å². The molecule has 0 radical (unpaired) electrons. The summed E-state index contributed by atoms with van der Waals surface area (Å²) in [6, 6.07) is 0. The van der Waals surface area contributed by atoms with Crippen LogP contribution in [0, 0.1) is 0 Å². The summed E-state index contributed by atoms with van der Waals surface area (Å²) >= 11 is 0.471. The maximum Gasteiger partial charge on any atom is 0.574 e. The first-order valence-electron chi connectivity index (χ1n) is 2.83. The van der Waals surface area contributed by atoms with Crippen molar-refractivity contribution in [1.29, 1.82) is 0 Å². The molecule has 0 aromatic carbocycles. The van der Waals surface area contributed by atoms with Gasteiger partial charge in [0, 0.05) is 5.38 Å². The SMILES string of the molecule is O=C(O)c1csc(OC(F)(F)F)n1. The second-order valence-electron chi connectivity index (χ2n) is 1.85. The van der Waals surface area contributed by atoms with E-state index >= 15 is 0 Å². The van der Waals surface area contributed by atoms with Gasteiger partial charge in [-0.15, -0.1) is 13.2 Å². The fourth-order valence-electron chi connectivity index (χ4n) is 0.501. The Balaban J connectivity index is 2.75. The number of aromatic nitrogens is 1. The lowest BCUT2D eigenvalue weighted by Crippen LogP contribution is -2.17. The summed E-state index contributed by atoms with van der Waals surface area (Å²) in [6.45, 7) is 0. The van der Waals surface area contributed by atoms with Gasteiger partial charge < -0.3 is 9.84 Å². The number of ether oxygens (including phenoxy) is 1. The smallest absolute Gasteiger partial charge is 0.476 e. The first-order chi connectivity index (χ1) is 5.88. The van der Waals surface area contributed by atoms with Crippen molar-refractivity contribution in [2.24, 2.45) is 0 Å². The van der Waals surface area contributed by atoms with Crippen molar-refractivity contribution in [3.63, 3.8) is 0 Å². The molecule has 8 heteroatoms. The first kappa shape index (κ1) is 9.78. The minimum absolute atomic E-state index is 0.468. The molecule has 0 saturated carbocycles. The second kappa shape index (κ2) is 3.21. The second-order valence-corrected chi connectivity index (χ2v) is 2.67. The molecule has 0 aliphatic carbocycles. The van der Waals surface area contributed by atoms with E-state index in [0.29, 0.717) is 11.3 Å². The van der Waals surface area contributed by atoms with E-state index in [2.05, 4.69) is 9.72 Å².